The summed E-state index contributed by atoms with van der Waals surface area (Å²) in [6.07, 6.45) is 0.198. The van der Waals surface area contributed by atoms with Gasteiger partial charge in [0.1, 0.15) is 0 Å². The van der Waals surface area contributed by atoms with E-state index in [9.17, 15) is 18.4 Å². The summed E-state index contributed by atoms with van der Waals surface area (Å²) in [5.41, 5.74) is -0.487. The van der Waals surface area contributed by atoms with Crippen molar-refractivity contribution in [3.8, 4) is 11.8 Å². The number of ether oxygens (including phenoxy) is 1. The van der Waals surface area contributed by atoms with Crippen molar-refractivity contribution >= 4 is 22.8 Å². The van der Waals surface area contributed by atoms with Gasteiger partial charge in [-0.2, -0.15) is 9.37 Å². The highest BCUT2D eigenvalue weighted by molar-refractivity contribution is 6.30. The summed E-state index contributed by atoms with van der Waals surface area (Å²) in [5, 5.41) is 9.66. The lowest BCUT2D eigenvalue weighted by atomic mass is 10.2. The second kappa shape index (κ2) is 9.16. The number of aliphatic hydroxyl groups excluding tert-OH is 1. The molecule has 0 amide bonds. The fourth-order valence-electron chi connectivity index (χ4n) is 3.44. The van der Waals surface area contributed by atoms with Crippen LogP contribution in [0, 0.1) is 11.6 Å². The molecule has 8 nitrogen and oxygen atoms in total. The average Bonchev–Trinajstić information content (AvgIpc) is 3.15. The van der Waals surface area contributed by atoms with E-state index < -0.39 is 28.6 Å². The minimum absolute atomic E-state index is 0.00120. The van der Waals surface area contributed by atoms with Crippen molar-refractivity contribution in [2.24, 2.45) is 7.05 Å². The van der Waals surface area contributed by atoms with Gasteiger partial charge in [0.2, 0.25) is 5.82 Å². The molecule has 4 rings (SSSR count). The summed E-state index contributed by atoms with van der Waals surface area (Å²) in [4.78, 5) is 30.2. The minimum Gasteiger partial charge on any atom is -0.422 e. The van der Waals surface area contributed by atoms with Gasteiger partial charge in [-0.05, 0) is 36.2 Å². The van der Waals surface area contributed by atoms with Crippen molar-refractivity contribution in [1.29, 1.82) is 0 Å². The van der Waals surface area contributed by atoms with Crippen molar-refractivity contribution in [1.82, 2.24) is 18.7 Å². The maximum absolute atomic E-state index is 14.3. The first-order valence-electron chi connectivity index (χ1n) is 9.99. The molecule has 2 aromatic heterocycles. The molecule has 172 valence electrons. The lowest BCUT2D eigenvalue weighted by Gasteiger charge is -2.12. The Kier molecular flexibility index (Phi) is 6.30. The van der Waals surface area contributed by atoms with Crippen LogP contribution in [0.2, 0.25) is 5.02 Å². The third-order valence-corrected chi connectivity index (χ3v) is 5.36. The molecule has 0 aliphatic carbocycles. The molecule has 0 aliphatic rings. The lowest BCUT2D eigenvalue weighted by molar-refractivity contribution is 0.277. The average molecular weight is 477 g/mol. The van der Waals surface area contributed by atoms with Gasteiger partial charge in [0.15, 0.2) is 22.7 Å². The smallest absolute Gasteiger partial charge is 0.332 e. The van der Waals surface area contributed by atoms with Crippen LogP contribution >= 0.6 is 11.6 Å². The van der Waals surface area contributed by atoms with Gasteiger partial charge in [0, 0.05) is 25.2 Å². The summed E-state index contributed by atoms with van der Waals surface area (Å²) in [5.74, 6) is -2.74. The number of nitrogens with zero attached hydrogens (tertiary/aromatic N) is 4. The molecule has 0 saturated carbocycles. The van der Waals surface area contributed by atoms with Gasteiger partial charge in [0.05, 0.1) is 6.54 Å². The third-order valence-electron chi connectivity index (χ3n) is 5.11. The largest absolute Gasteiger partial charge is 0.422 e. The molecular formula is C22H19ClF2N4O4. The SMILES string of the molecule is Cn1c(=O)n(CCCO)c(=O)c2c1nc(Oc1cccc(F)c1F)n2Cc1ccc(Cl)cc1. The molecule has 4 aromatic rings. The van der Waals surface area contributed by atoms with Crippen LogP contribution in [0.3, 0.4) is 0 Å². The van der Waals surface area contributed by atoms with Crippen molar-refractivity contribution in [2.45, 2.75) is 19.5 Å². The van der Waals surface area contributed by atoms with E-state index in [-0.39, 0.29) is 43.3 Å². The quantitative estimate of drug-likeness (QED) is 0.442. The Morgan fingerprint density at radius 3 is 2.52 bits per heavy atom. The summed E-state index contributed by atoms with van der Waals surface area (Å²) < 4.78 is 37.1. The first kappa shape index (κ1) is 22.7. The predicted octanol–water partition coefficient (Wildman–Crippen LogP) is 3.05. The first-order valence-corrected chi connectivity index (χ1v) is 10.4. The van der Waals surface area contributed by atoms with Crippen molar-refractivity contribution in [3.63, 3.8) is 0 Å². The van der Waals surface area contributed by atoms with Crippen LogP contribution in [0.1, 0.15) is 12.0 Å². The molecule has 0 fully saturated rings. The number of benzene rings is 2. The standard InChI is InChI=1S/C22H19ClF2N4O4/c1-27-19-18(20(31)28(22(27)32)10-3-11-30)29(12-13-6-8-14(23)9-7-13)21(26-19)33-16-5-2-4-15(24)17(16)25/h2,4-9,30H,3,10-12H2,1H3. The van der Waals surface area contributed by atoms with E-state index in [1.807, 2.05) is 0 Å². The number of aliphatic hydroxyl groups is 1. The Balaban J connectivity index is 1.95. The summed E-state index contributed by atoms with van der Waals surface area (Å²) in [6.45, 7) is -0.128. The number of hydrogen-bond acceptors (Lipinski definition) is 5. The predicted molar refractivity (Wildman–Crippen MR) is 118 cm³/mol. The molecule has 2 heterocycles. The Morgan fingerprint density at radius 2 is 1.82 bits per heavy atom. The maximum Gasteiger partial charge on any atom is 0.332 e. The number of hydrogen-bond donors (Lipinski definition) is 1. The van der Waals surface area contributed by atoms with Crippen LogP contribution in [0.5, 0.6) is 11.8 Å². The van der Waals surface area contributed by atoms with Crippen LogP contribution in [0.25, 0.3) is 11.2 Å². The van der Waals surface area contributed by atoms with E-state index in [1.54, 1.807) is 24.3 Å². The van der Waals surface area contributed by atoms with E-state index >= 15 is 0 Å². The molecule has 0 saturated heterocycles. The monoisotopic (exact) mass is 476 g/mol. The molecule has 0 aliphatic heterocycles. The van der Waals surface area contributed by atoms with Gasteiger partial charge in [-0.15, -0.1) is 0 Å². The van der Waals surface area contributed by atoms with Gasteiger partial charge in [-0.3, -0.25) is 18.5 Å². The number of aromatic nitrogens is 4. The van der Waals surface area contributed by atoms with Crippen molar-refractivity contribution in [3.05, 3.63) is 85.5 Å². The molecule has 0 spiro atoms. The molecule has 0 bridgehead atoms. The van der Waals surface area contributed by atoms with Gasteiger partial charge >= 0.3 is 11.7 Å². The molecule has 0 unspecified atom stereocenters. The molecule has 11 heteroatoms. The summed E-state index contributed by atoms with van der Waals surface area (Å²) >= 11 is 5.96. The Labute approximate surface area is 190 Å². The second-order valence-electron chi connectivity index (χ2n) is 7.31. The number of aryl methyl sites for hydroxylation is 1. The number of fused-ring (bicyclic) bond motifs is 1. The van der Waals surface area contributed by atoms with Crippen LogP contribution in [-0.2, 0) is 20.1 Å². The fourth-order valence-corrected chi connectivity index (χ4v) is 3.56. The molecule has 1 N–H and O–H groups in total. The lowest BCUT2D eigenvalue weighted by Crippen LogP contribution is -2.39. The summed E-state index contributed by atoms with van der Waals surface area (Å²) in [7, 11) is 1.44. The van der Waals surface area contributed by atoms with Crippen LogP contribution < -0.4 is 16.0 Å². The van der Waals surface area contributed by atoms with E-state index in [0.717, 1.165) is 16.2 Å². The third kappa shape index (κ3) is 4.27. The van der Waals surface area contributed by atoms with Gasteiger partial charge < -0.3 is 9.84 Å². The van der Waals surface area contributed by atoms with Crippen molar-refractivity contribution in [2.75, 3.05) is 6.61 Å². The molecular weight excluding hydrogens is 458 g/mol. The maximum atomic E-state index is 14.3. The first-order chi connectivity index (χ1) is 15.8. The number of halogens is 3. The van der Waals surface area contributed by atoms with Crippen LogP contribution in [-0.4, -0.2) is 30.4 Å². The fraction of sp³-hybridized carbons (Fsp3) is 0.227. The Hall–Kier alpha value is -3.50. The van der Waals surface area contributed by atoms with Gasteiger partial charge in [-0.1, -0.05) is 29.8 Å². The Bertz CT molecular complexity index is 1440. The van der Waals surface area contributed by atoms with Crippen molar-refractivity contribution < 1.29 is 18.6 Å². The van der Waals surface area contributed by atoms with E-state index in [2.05, 4.69) is 4.98 Å². The highest BCUT2D eigenvalue weighted by Gasteiger charge is 2.23. The topological polar surface area (TPSA) is 91.3 Å². The Morgan fingerprint density at radius 1 is 1.09 bits per heavy atom. The zero-order chi connectivity index (χ0) is 23.7. The van der Waals surface area contributed by atoms with Gasteiger partial charge in [0.25, 0.3) is 5.56 Å². The minimum atomic E-state index is -1.21. The number of imidazole rings is 1. The summed E-state index contributed by atoms with van der Waals surface area (Å²) in [6, 6.07) is 10.0. The zero-order valence-corrected chi connectivity index (χ0v) is 18.2. The molecule has 2 aromatic carbocycles. The second-order valence-corrected chi connectivity index (χ2v) is 7.75. The highest BCUT2D eigenvalue weighted by Crippen LogP contribution is 2.28. The molecule has 0 radical (unpaired) electrons. The molecule has 0 atom stereocenters. The van der Waals surface area contributed by atoms with Gasteiger partial charge in [-0.25, -0.2) is 9.18 Å². The zero-order valence-electron chi connectivity index (χ0n) is 17.5. The number of rotatable bonds is 7. The van der Waals surface area contributed by atoms with E-state index in [0.29, 0.717) is 5.02 Å². The highest BCUT2D eigenvalue weighted by atomic mass is 35.5. The molecule has 33 heavy (non-hydrogen) atoms. The van der Waals surface area contributed by atoms with Crippen LogP contribution in [0.15, 0.2) is 52.1 Å². The van der Waals surface area contributed by atoms with E-state index in [1.165, 1.54) is 28.3 Å². The normalized spacial score (nSPS) is 11.3. The van der Waals surface area contributed by atoms with E-state index in [4.69, 9.17) is 21.4 Å². The van der Waals surface area contributed by atoms with Crippen LogP contribution in [0.4, 0.5) is 8.78 Å².